The number of H-pyrrole nitrogens is 2. The fraction of sp³-hybridized carbons (Fsp3) is 0.276. The van der Waals surface area contributed by atoms with Crippen molar-refractivity contribution in [3.8, 4) is 0 Å². The van der Waals surface area contributed by atoms with E-state index >= 15 is 0 Å². The van der Waals surface area contributed by atoms with E-state index in [0.717, 1.165) is 21.8 Å². The van der Waals surface area contributed by atoms with Gasteiger partial charge in [-0.2, -0.15) is 12.6 Å². The predicted molar refractivity (Wildman–Crippen MR) is 162 cm³/mol. The van der Waals surface area contributed by atoms with Crippen LogP contribution < -0.4 is 21.7 Å². The molecule has 4 rings (SSSR count). The second-order valence-corrected chi connectivity index (χ2v) is 10.4. The van der Waals surface area contributed by atoms with Crippen molar-refractivity contribution in [2.45, 2.75) is 43.4 Å². The summed E-state index contributed by atoms with van der Waals surface area (Å²) in [5, 5.41) is 28.0. The van der Waals surface area contributed by atoms with Gasteiger partial charge in [-0.25, -0.2) is 4.79 Å². The van der Waals surface area contributed by atoms with Crippen molar-refractivity contribution in [2.24, 2.45) is 5.73 Å². The summed E-state index contributed by atoms with van der Waals surface area (Å²) < 4.78 is 0. The van der Waals surface area contributed by atoms with Gasteiger partial charge >= 0.3 is 11.9 Å². The quantitative estimate of drug-likeness (QED) is 0.0926. The van der Waals surface area contributed by atoms with Crippen molar-refractivity contribution in [3.63, 3.8) is 0 Å². The fourth-order valence-electron chi connectivity index (χ4n) is 4.75. The number of hydrogen-bond acceptors (Lipinski definition) is 7. The summed E-state index contributed by atoms with van der Waals surface area (Å²) in [7, 11) is 0. The molecule has 9 N–H and O–H groups in total. The minimum Gasteiger partial charge on any atom is -0.481 e. The molecule has 2 aromatic heterocycles. The molecule has 226 valence electrons. The topological polar surface area (TPSA) is 219 Å². The number of amides is 3. The summed E-state index contributed by atoms with van der Waals surface area (Å²) in [6, 6.07) is 9.50. The predicted octanol–water partition coefficient (Wildman–Crippen LogP) is 0.705. The van der Waals surface area contributed by atoms with E-state index in [1.807, 2.05) is 48.5 Å². The normalized spacial score (nSPS) is 14.0. The van der Waals surface area contributed by atoms with Gasteiger partial charge in [-0.3, -0.25) is 19.2 Å². The first-order chi connectivity index (χ1) is 20.6. The average molecular weight is 609 g/mol. The third-order valence-electron chi connectivity index (χ3n) is 6.99. The number of carboxylic acids is 2. The minimum atomic E-state index is -1.40. The van der Waals surface area contributed by atoms with Crippen molar-refractivity contribution in [2.75, 3.05) is 5.75 Å². The SMILES string of the molecule is NC(CC(=O)O)C(=O)NC(CS)C(=O)NC(Cc1c[nH]c2ccccc12)C(=O)NC(Cc1c[nH]c2ccccc12)C(=O)O. The van der Waals surface area contributed by atoms with E-state index in [0.29, 0.717) is 11.1 Å². The molecule has 0 bridgehead atoms. The van der Waals surface area contributed by atoms with Crippen LogP contribution in [0.4, 0.5) is 0 Å². The largest absolute Gasteiger partial charge is 0.481 e. The van der Waals surface area contributed by atoms with Crippen molar-refractivity contribution in [1.29, 1.82) is 0 Å². The number of carbonyl (C=O) groups excluding carboxylic acids is 3. The summed E-state index contributed by atoms with van der Waals surface area (Å²) in [4.78, 5) is 68.6. The highest BCUT2D eigenvalue weighted by molar-refractivity contribution is 7.80. The number of para-hydroxylation sites is 2. The highest BCUT2D eigenvalue weighted by Gasteiger charge is 2.31. The van der Waals surface area contributed by atoms with E-state index in [1.54, 1.807) is 12.4 Å². The van der Waals surface area contributed by atoms with Crippen molar-refractivity contribution in [1.82, 2.24) is 25.9 Å². The Morgan fingerprint density at radius 1 is 0.721 bits per heavy atom. The van der Waals surface area contributed by atoms with Crippen molar-refractivity contribution in [3.05, 3.63) is 72.1 Å². The van der Waals surface area contributed by atoms with Gasteiger partial charge in [0.15, 0.2) is 0 Å². The Hall–Kier alpha value is -4.82. The molecule has 0 spiro atoms. The maximum Gasteiger partial charge on any atom is 0.326 e. The number of hydrogen-bond donors (Lipinski definition) is 9. The first kappa shape index (κ1) is 31.1. The van der Waals surface area contributed by atoms with Crippen LogP contribution in [0.1, 0.15) is 17.5 Å². The second-order valence-electron chi connectivity index (χ2n) is 10.0. The first-order valence-corrected chi connectivity index (χ1v) is 14.0. The van der Waals surface area contributed by atoms with Gasteiger partial charge in [0.1, 0.15) is 18.1 Å². The molecular weight excluding hydrogens is 576 g/mol. The Balaban J connectivity index is 1.55. The average Bonchev–Trinajstić information content (AvgIpc) is 3.58. The number of aromatic amines is 2. The molecule has 0 aliphatic rings. The third-order valence-corrected chi connectivity index (χ3v) is 7.36. The van der Waals surface area contributed by atoms with Gasteiger partial charge in [-0.05, 0) is 23.3 Å². The molecule has 0 aliphatic heterocycles. The molecule has 0 aliphatic carbocycles. The summed E-state index contributed by atoms with van der Waals surface area (Å²) in [5.74, 6) is -5.14. The Kier molecular flexibility index (Phi) is 10.1. The van der Waals surface area contributed by atoms with Crippen molar-refractivity contribution < 1.29 is 34.2 Å². The van der Waals surface area contributed by atoms with Gasteiger partial charge in [-0.15, -0.1) is 0 Å². The molecule has 0 fully saturated rings. The molecule has 4 unspecified atom stereocenters. The van der Waals surface area contributed by atoms with Crippen LogP contribution >= 0.6 is 12.6 Å². The molecule has 3 amide bonds. The monoisotopic (exact) mass is 608 g/mol. The maximum atomic E-state index is 13.6. The number of aromatic nitrogens is 2. The summed E-state index contributed by atoms with van der Waals surface area (Å²) in [5.41, 5.74) is 8.62. The van der Waals surface area contributed by atoms with Gasteiger partial charge in [0.2, 0.25) is 17.7 Å². The van der Waals surface area contributed by atoms with Crippen LogP contribution in [0.3, 0.4) is 0 Å². The molecule has 4 atom stereocenters. The zero-order valence-electron chi connectivity index (χ0n) is 22.9. The van der Waals surface area contributed by atoms with E-state index in [4.69, 9.17) is 10.8 Å². The van der Waals surface area contributed by atoms with E-state index in [9.17, 15) is 29.1 Å². The second kappa shape index (κ2) is 13.9. The lowest BCUT2D eigenvalue weighted by atomic mass is 10.0. The zero-order valence-corrected chi connectivity index (χ0v) is 23.8. The number of nitrogens with two attached hydrogens (primary N) is 1. The van der Waals surface area contributed by atoms with Crippen LogP contribution in [0.5, 0.6) is 0 Å². The summed E-state index contributed by atoms with van der Waals surface area (Å²) >= 11 is 4.12. The van der Waals surface area contributed by atoms with Gasteiger partial charge in [-0.1, -0.05) is 36.4 Å². The third kappa shape index (κ3) is 7.72. The van der Waals surface area contributed by atoms with E-state index < -0.39 is 60.2 Å². The molecule has 0 radical (unpaired) electrons. The minimum absolute atomic E-state index is 0.00717. The number of fused-ring (bicyclic) bond motifs is 2. The number of nitrogens with one attached hydrogen (secondary N) is 5. The van der Waals surface area contributed by atoms with E-state index in [-0.39, 0.29) is 18.6 Å². The number of rotatable bonds is 14. The van der Waals surface area contributed by atoms with Gasteiger partial charge in [0.05, 0.1) is 12.5 Å². The van der Waals surface area contributed by atoms with Crippen LogP contribution in [0, 0.1) is 0 Å². The Labute approximate surface area is 251 Å². The van der Waals surface area contributed by atoms with Crippen LogP contribution in [0.15, 0.2) is 60.9 Å². The lowest BCUT2D eigenvalue weighted by molar-refractivity contribution is -0.142. The molecule has 14 heteroatoms. The smallest absolute Gasteiger partial charge is 0.326 e. The first-order valence-electron chi connectivity index (χ1n) is 13.4. The standard InChI is InChI=1S/C29H32N6O7S/c30-19(11-25(36)37)26(38)35-24(14-43)28(40)33-22(9-15-12-31-20-7-3-1-5-17(15)20)27(39)34-23(29(41)42)10-16-13-32-21-8-4-2-6-18(16)21/h1-8,12-13,19,22-24,31-32,43H,9-11,14,30H2,(H,33,40)(H,34,39)(H,35,38)(H,36,37)(H,41,42). The molecule has 13 nitrogen and oxygen atoms in total. The van der Waals surface area contributed by atoms with Gasteiger partial charge in [0.25, 0.3) is 0 Å². The van der Waals surface area contributed by atoms with Crippen LogP contribution in [-0.2, 0) is 36.8 Å². The fourth-order valence-corrected chi connectivity index (χ4v) is 5.01. The highest BCUT2D eigenvalue weighted by atomic mass is 32.1. The molecule has 43 heavy (non-hydrogen) atoms. The molecular formula is C29H32N6O7S. The van der Waals surface area contributed by atoms with Crippen LogP contribution in [-0.4, -0.2) is 79.8 Å². The van der Waals surface area contributed by atoms with Crippen LogP contribution in [0.25, 0.3) is 21.8 Å². The lowest BCUT2D eigenvalue weighted by Gasteiger charge is -2.24. The van der Waals surface area contributed by atoms with E-state index in [1.165, 1.54) is 0 Å². The number of carbonyl (C=O) groups is 5. The summed E-state index contributed by atoms with van der Waals surface area (Å²) in [6.45, 7) is 0. The highest BCUT2D eigenvalue weighted by Crippen LogP contribution is 2.21. The zero-order chi connectivity index (χ0) is 31.1. The Bertz CT molecular complexity index is 1650. The maximum absolute atomic E-state index is 13.6. The molecule has 0 saturated heterocycles. The molecule has 4 aromatic rings. The Morgan fingerprint density at radius 3 is 1.70 bits per heavy atom. The Morgan fingerprint density at radius 2 is 1.19 bits per heavy atom. The number of aliphatic carboxylic acids is 2. The van der Waals surface area contributed by atoms with Crippen LogP contribution in [0.2, 0.25) is 0 Å². The number of thiol groups is 1. The number of benzene rings is 2. The van der Waals surface area contributed by atoms with Gasteiger partial charge < -0.3 is 41.9 Å². The lowest BCUT2D eigenvalue weighted by Crippen LogP contribution is -2.58. The molecule has 2 heterocycles. The number of carboxylic acid groups (broad SMARTS) is 2. The van der Waals surface area contributed by atoms with Crippen molar-refractivity contribution >= 4 is 64.1 Å². The molecule has 0 saturated carbocycles. The van der Waals surface area contributed by atoms with Gasteiger partial charge in [0, 0.05) is 52.8 Å². The van der Waals surface area contributed by atoms with E-state index in [2.05, 4.69) is 38.5 Å². The molecule has 2 aromatic carbocycles. The summed E-state index contributed by atoms with van der Waals surface area (Å²) in [6.07, 6.45) is 2.71.